The Labute approximate surface area is 158 Å². The molecule has 2 N–H and O–H groups in total. The third-order valence-electron chi connectivity index (χ3n) is 4.34. The Kier molecular flexibility index (Phi) is 6.49. The Morgan fingerprint density at radius 1 is 1.04 bits per heavy atom. The molecule has 2 heterocycles. The fourth-order valence-corrected chi connectivity index (χ4v) is 3.75. The van der Waals surface area contributed by atoms with Crippen molar-refractivity contribution in [1.29, 1.82) is 0 Å². The standard InChI is InChI=1S/C19H25N5OS/c1-20-19(22-10-9-21-18(25)16-6-3-2-4-7-16)24-13-11-23(12-14-24)17-8-5-15-26-17/h2-8,15H,9-14H2,1H3,(H,20,22)(H,21,25). The summed E-state index contributed by atoms with van der Waals surface area (Å²) in [6.07, 6.45) is 0. The molecule has 0 atom stereocenters. The number of nitrogens with zero attached hydrogens (tertiary/aromatic N) is 3. The first kappa shape index (κ1) is 18.3. The van der Waals surface area contributed by atoms with Gasteiger partial charge in [0, 0.05) is 51.9 Å². The fraction of sp³-hybridized carbons (Fsp3) is 0.368. The lowest BCUT2D eigenvalue weighted by atomic mass is 10.2. The number of anilines is 1. The number of hydrogen-bond donors (Lipinski definition) is 2. The zero-order valence-corrected chi connectivity index (χ0v) is 15.8. The zero-order chi connectivity index (χ0) is 18.2. The maximum atomic E-state index is 12.0. The molecule has 138 valence electrons. The molecule has 0 unspecified atom stereocenters. The largest absolute Gasteiger partial charge is 0.360 e. The summed E-state index contributed by atoms with van der Waals surface area (Å²) in [4.78, 5) is 21.1. The summed E-state index contributed by atoms with van der Waals surface area (Å²) in [6, 6.07) is 13.5. The van der Waals surface area contributed by atoms with Crippen molar-refractivity contribution < 1.29 is 4.79 Å². The maximum absolute atomic E-state index is 12.0. The Morgan fingerprint density at radius 3 is 2.42 bits per heavy atom. The zero-order valence-electron chi connectivity index (χ0n) is 15.0. The van der Waals surface area contributed by atoms with Gasteiger partial charge < -0.3 is 20.4 Å². The van der Waals surface area contributed by atoms with E-state index in [1.54, 1.807) is 18.4 Å². The van der Waals surface area contributed by atoms with E-state index in [1.807, 2.05) is 30.3 Å². The van der Waals surface area contributed by atoms with Gasteiger partial charge in [-0.3, -0.25) is 9.79 Å². The van der Waals surface area contributed by atoms with Crippen LogP contribution in [0.5, 0.6) is 0 Å². The van der Waals surface area contributed by atoms with Crippen LogP contribution in [0.1, 0.15) is 10.4 Å². The molecule has 1 amide bonds. The smallest absolute Gasteiger partial charge is 0.251 e. The molecule has 26 heavy (non-hydrogen) atoms. The molecule has 0 saturated carbocycles. The van der Waals surface area contributed by atoms with Gasteiger partial charge in [-0.2, -0.15) is 0 Å². The summed E-state index contributed by atoms with van der Waals surface area (Å²) >= 11 is 1.78. The molecule has 1 aliphatic heterocycles. The number of amides is 1. The summed E-state index contributed by atoms with van der Waals surface area (Å²) in [6.45, 7) is 5.07. The van der Waals surface area contributed by atoms with Gasteiger partial charge in [0.15, 0.2) is 5.96 Å². The second kappa shape index (κ2) is 9.24. The normalized spacial score (nSPS) is 15.0. The summed E-state index contributed by atoms with van der Waals surface area (Å²) in [5.41, 5.74) is 0.682. The minimum Gasteiger partial charge on any atom is -0.360 e. The highest BCUT2D eigenvalue weighted by Gasteiger charge is 2.20. The number of carbonyl (C=O) groups excluding carboxylic acids is 1. The molecular formula is C19H25N5OS. The van der Waals surface area contributed by atoms with E-state index in [-0.39, 0.29) is 5.91 Å². The third-order valence-corrected chi connectivity index (χ3v) is 5.27. The summed E-state index contributed by atoms with van der Waals surface area (Å²) in [7, 11) is 1.80. The van der Waals surface area contributed by atoms with Crippen LogP contribution < -0.4 is 15.5 Å². The van der Waals surface area contributed by atoms with Crippen LogP contribution >= 0.6 is 11.3 Å². The number of guanidine groups is 1. The van der Waals surface area contributed by atoms with Crippen LogP contribution in [0.3, 0.4) is 0 Å². The van der Waals surface area contributed by atoms with Gasteiger partial charge in [0.1, 0.15) is 0 Å². The monoisotopic (exact) mass is 371 g/mol. The molecule has 1 aromatic carbocycles. The van der Waals surface area contributed by atoms with Crippen molar-refractivity contribution in [3.8, 4) is 0 Å². The van der Waals surface area contributed by atoms with Gasteiger partial charge in [-0.15, -0.1) is 11.3 Å². The maximum Gasteiger partial charge on any atom is 0.251 e. The van der Waals surface area contributed by atoms with E-state index in [1.165, 1.54) is 5.00 Å². The third kappa shape index (κ3) is 4.76. The van der Waals surface area contributed by atoms with Crippen LogP contribution in [0, 0.1) is 0 Å². The van der Waals surface area contributed by atoms with E-state index in [4.69, 9.17) is 0 Å². The Balaban J connectivity index is 1.39. The van der Waals surface area contributed by atoms with E-state index in [0.717, 1.165) is 32.1 Å². The number of thiophene rings is 1. The fourth-order valence-electron chi connectivity index (χ4n) is 2.96. The SMILES string of the molecule is CN=C(NCCNC(=O)c1ccccc1)N1CCN(c2cccs2)CC1. The minimum absolute atomic E-state index is 0.0491. The van der Waals surface area contributed by atoms with Gasteiger partial charge in [0.2, 0.25) is 0 Å². The van der Waals surface area contributed by atoms with Crippen LogP contribution in [0.25, 0.3) is 0 Å². The molecule has 6 nitrogen and oxygen atoms in total. The number of benzene rings is 1. The Bertz CT molecular complexity index is 709. The molecular weight excluding hydrogens is 346 g/mol. The summed E-state index contributed by atoms with van der Waals surface area (Å²) < 4.78 is 0. The van der Waals surface area contributed by atoms with Gasteiger partial charge in [-0.1, -0.05) is 18.2 Å². The van der Waals surface area contributed by atoms with E-state index in [2.05, 4.69) is 42.9 Å². The number of nitrogens with one attached hydrogen (secondary N) is 2. The number of aliphatic imine (C=N–C) groups is 1. The molecule has 7 heteroatoms. The number of piperazine rings is 1. The second-order valence-corrected chi connectivity index (χ2v) is 6.95. The first-order valence-electron chi connectivity index (χ1n) is 8.85. The minimum atomic E-state index is -0.0491. The molecule has 1 fully saturated rings. The molecule has 0 radical (unpaired) electrons. The van der Waals surface area contributed by atoms with Crippen molar-refractivity contribution in [3.05, 3.63) is 53.4 Å². The first-order chi connectivity index (χ1) is 12.8. The predicted octanol–water partition coefficient (Wildman–Crippen LogP) is 1.88. The quantitative estimate of drug-likeness (QED) is 0.479. The van der Waals surface area contributed by atoms with Crippen LogP contribution in [-0.2, 0) is 0 Å². The number of hydrogen-bond acceptors (Lipinski definition) is 4. The topological polar surface area (TPSA) is 60.0 Å². The summed E-state index contributed by atoms with van der Waals surface area (Å²) in [5.74, 6) is 0.844. The van der Waals surface area contributed by atoms with Gasteiger partial charge in [0.25, 0.3) is 5.91 Å². The van der Waals surface area contributed by atoms with Crippen molar-refractivity contribution in [1.82, 2.24) is 15.5 Å². The lowest BCUT2D eigenvalue weighted by molar-refractivity contribution is 0.0954. The molecule has 2 aromatic rings. The van der Waals surface area contributed by atoms with E-state index >= 15 is 0 Å². The molecule has 1 aliphatic rings. The van der Waals surface area contributed by atoms with Crippen LogP contribution in [-0.4, -0.2) is 63.1 Å². The van der Waals surface area contributed by atoms with Gasteiger partial charge in [-0.25, -0.2) is 0 Å². The molecule has 0 aliphatic carbocycles. The lowest BCUT2D eigenvalue weighted by Gasteiger charge is -2.37. The predicted molar refractivity (Wildman–Crippen MR) is 108 cm³/mol. The molecule has 0 bridgehead atoms. The molecule has 0 spiro atoms. The van der Waals surface area contributed by atoms with Crippen LogP contribution in [0.4, 0.5) is 5.00 Å². The second-order valence-electron chi connectivity index (χ2n) is 6.02. The summed E-state index contributed by atoms with van der Waals surface area (Å²) in [5, 5.41) is 9.71. The average molecular weight is 372 g/mol. The highest BCUT2D eigenvalue weighted by atomic mass is 32.1. The lowest BCUT2D eigenvalue weighted by Crippen LogP contribution is -2.53. The number of rotatable bonds is 5. The van der Waals surface area contributed by atoms with E-state index < -0.39 is 0 Å². The number of carbonyl (C=O) groups is 1. The van der Waals surface area contributed by atoms with Crippen LogP contribution in [0.2, 0.25) is 0 Å². The first-order valence-corrected chi connectivity index (χ1v) is 9.73. The highest BCUT2D eigenvalue weighted by molar-refractivity contribution is 7.14. The average Bonchev–Trinajstić information content (AvgIpc) is 3.24. The molecule has 3 rings (SSSR count). The highest BCUT2D eigenvalue weighted by Crippen LogP contribution is 2.22. The van der Waals surface area contributed by atoms with E-state index in [0.29, 0.717) is 18.7 Å². The molecule has 1 aromatic heterocycles. The van der Waals surface area contributed by atoms with E-state index in [9.17, 15) is 4.79 Å². The van der Waals surface area contributed by atoms with Crippen molar-refractivity contribution in [2.24, 2.45) is 4.99 Å². The van der Waals surface area contributed by atoms with Gasteiger partial charge in [-0.05, 0) is 29.6 Å². The molecule has 1 saturated heterocycles. The van der Waals surface area contributed by atoms with Crippen molar-refractivity contribution >= 4 is 28.2 Å². The van der Waals surface area contributed by atoms with Gasteiger partial charge in [0.05, 0.1) is 5.00 Å². The van der Waals surface area contributed by atoms with Crippen molar-refractivity contribution in [2.45, 2.75) is 0 Å². The Morgan fingerprint density at radius 2 is 1.77 bits per heavy atom. The van der Waals surface area contributed by atoms with Gasteiger partial charge >= 0.3 is 0 Å². The Hall–Kier alpha value is -2.54. The van der Waals surface area contributed by atoms with Crippen molar-refractivity contribution in [2.75, 3.05) is 51.2 Å². The van der Waals surface area contributed by atoms with Crippen LogP contribution in [0.15, 0.2) is 52.8 Å². The van der Waals surface area contributed by atoms with Crippen molar-refractivity contribution in [3.63, 3.8) is 0 Å².